The van der Waals surface area contributed by atoms with Crippen molar-refractivity contribution in [2.45, 2.75) is 26.2 Å². The van der Waals surface area contributed by atoms with E-state index in [1.54, 1.807) is 7.11 Å². The zero-order valence-electron chi connectivity index (χ0n) is 10.2. The quantitative estimate of drug-likeness (QED) is 0.807. The first-order chi connectivity index (χ1) is 7.76. The topological polar surface area (TPSA) is 38.7 Å². The number of hydrogen-bond acceptors (Lipinski definition) is 3. The fourth-order valence-corrected chi connectivity index (χ4v) is 1.69. The van der Waals surface area contributed by atoms with Crippen molar-refractivity contribution < 1.29 is 14.6 Å². The highest BCUT2D eigenvalue weighted by Crippen LogP contribution is 2.31. The van der Waals surface area contributed by atoms with Gasteiger partial charge in [-0.2, -0.15) is 0 Å². The van der Waals surface area contributed by atoms with E-state index in [4.69, 9.17) is 9.47 Å². The fourth-order valence-electron chi connectivity index (χ4n) is 1.69. The minimum Gasteiger partial charge on any atom is -0.493 e. The first-order valence-electron chi connectivity index (χ1n) is 5.68. The van der Waals surface area contributed by atoms with Crippen LogP contribution in [0.4, 0.5) is 0 Å². The Kier molecular flexibility index (Phi) is 5.12. The molecule has 1 aromatic carbocycles. The summed E-state index contributed by atoms with van der Waals surface area (Å²) < 4.78 is 10.7. The Morgan fingerprint density at radius 1 is 1.25 bits per heavy atom. The van der Waals surface area contributed by atoms with Gasteiger partial charge in [0.05, 0.1) is 13.7 Å². The lowest BCUT2D eigenvalue weighted by molar-refractivity contribution is 0.261. The molecule has 1 atom stereocenters. The van der Waals surface area contributed by atoms with Gasteiger partial charge >= 0.3 is 0 Å². The highest BCUT2D eigenvalue weighted by atomic mass is 16.5. The molecule has 0 aliphatic rings. The molecule has 90 valence electrons. The van der Waals surface area contributed by atoms with Crippen LogP contribution in [0.2, 0.25) is 0 Å². The average molecular weight is 224 g/mol. The van der Waals surface area contributed by atoms with Crippen molar-refractivity contribution in [2.24, 2.45) is 0 Å². The number of aliphatic hydroxyl groups excluding tert-OH is 1. The third-order valence-corrected chi connectivity index (χ3v) is 2.67. The van der Waals surface area contributed by atoms with Gasteiger partial charge in [-0.15, -0.1) is 0 Å². The van der Waals surface area contributed by atoms with Crippen LogP contribution in [0.25, 0.3) is 0 Å². The van der Waals surface area contributed by atoms with Gasteiger partial charge in [-0.25, -0.2) is 0 Å². The van der Waals surface area contributed by atoms with E-state index < -0.39 is 0 Å². The lowest BCUT2D eigenvalue weighted by Gasteiger charge is -2.15. The van der Waals surface area contributed by atoms with Crippen LogP contribution >= 0.6 is 0 Å². The van der Waals surface area contributed by atoms with Crippen molar-refractivity contribution in [1.82, 2.24) is 0 Å². The number of aliphatic hydroxyl groups is 1. The van der Waals surface area contributed by atoms with Gasteiger partial charge in [0, 0.05) is 12.5 Å². The van der Waals surface area contributed by atoms with Gasteiger partial charge in [0.2, 0.25) is 0 Å². The maximum absolute atomic E-state index is 9.25. The van der Waals surface area contributed by atoms with Gasteiger partial charge < -0.3 is 14.6 Å². The molecule has 0 aliphatic heterocycles. The highest BCUT2D eigenvalue weighted by molar-refractivity contribution is 5.44. The third-order valence-electron chi connectivity index (χ3n) is 2.67. The van der Waals surface area contributed by atoms with Crippen LogP contribution in [0.15, 0.2) is 18.2 Å². The molecule has 0 radical (unpaired) electrons. The van der Waals surface area contributed by atoms with Crippen LogP contribution in [0.1, 0.15) is 31.7 Å². The normalized spacial score (nSPS) is 12.2. The largest absolute Gasteiger partial charge is 0.493 e. The van der Waals surface area contributed by atoms with Crippen molar-refractivity contribution in [3.05, 3.63) is 23.8 Å². The molecule has 1 N–H and O–H groups in total. The number of rotatable bonds is 6. The molecule has 0 saturated heterocycles. The Morgan fingerprint density at radius 3 is 2.50 bits per heavy atom. The van der Waals surface area contributed by atoms with Crippen LogP contribution in [0.5, 0.6) is 11.5 Å². The molecular formula is C13H20O3. The second-order valence-electron chi connectivity index (χ2n) is 3.63. The van der Waals surface area contributed by atoms with Crippen molar-refractivity contribution in [3.8, 4) is 11.5 Å². The molecule has 0 amide bonds. The van der Waals surface area contributed by atoms with E-state index in [1.807, 2.05) is 25.1 Å². The number of hydrogen-bond donors (Lipinski definition) is 1. The van der Waals surface area contributed by atoms with Crippen molar-refractivity contribution >= 4 is 0 Å². The second kappa shape index (κ2) is 6.38. The molecular weight excluding hydrogens is 204 g/mol. The van der Waals surface area contributed by atoms with Crippen molar-refractivity contribution in [3.63, 3.8) is 0 Å². The summed E-state index contributed by atoms with van der Waals surface area (Å²) in [5.74, 6) is 1.65. The van der Waals surface area contributed by atoms with Crippen LogP contribution in [0, 0.1) is 0 Å². The Morgan fingerprint density at radius 2 is 2.00 bits per heavy atom. The molecule has 0 saturated carbocycles. The molecule has 3 heteroatoms. The summed E-state index contributed by atoms with van der Waals surface area (Å²) in [6.45, 7) is 4.77. The minimum absolute atomic E-state index is 0.161. The summed E-state index contributed by atoms with van der Waals surface area (Å²) in [5.41, 5.74) is 1.09. The smallest absolute Gasteiger partial charge is 0.161 e. The SMILES string of the molecule is CCOc1cc(C(CC)CO)ccc1OC. The molecule has 1 rings (SSSR count). The highest BCUT2D eigenvalue weighted by Gasteiger charge is 2.11. The van der Waals surface area contributed by atoms with Crippen LogP contribution in [-0.2, 0) is 0 Å². The number of ether oxygens (including phenoxy) is 2. The number of methoxy groups -OCH3 is 1. The Labute approximate surface area is 97.0 Å². The molecule has 3 nitrogen and oxygen atoms in total. The third kappa shape index (κ3) is 2.89. The second-order valence-corrected chi connectivity index (χ2v) is 3.63. The van der Waals surface area contributed by atoms with Crippen LogP contribution in [-0.4, -0.2) is 25.4 Å². The van der Waals surface area contributed by atoms with E-state index in [2.05, 4.69) is 6.92 Å². The van der Waals surface area contributed by atoms with Gasteiger partial charge in [0.15, 0.2) is 11.5 Å². The van der Waals surface area contributed by atoms with Gasteiger partial charge in [-0.1, -0.05) is 13.0 Å². The molecule has 0 aromatic heterocycles. The molecule has 0 aliphatic carbocycles. The van der Waals surface area contributed by atoms with E-state index in [9.17, 15) is 5.11 Å². The molecule has 0 fully saturated rings. The summed E-state index contributed by atoms with van der Waals surface area (Å²) in [6.07, 6.45) is 0.911. The molecule has 0 bridgehead atoms. The monoisotopic (exact) mass is 224 g/mol. The maximum atomic E-state index is 9.25. The molecule has 1 unspecified atom stereocenters. The van der Waals surface area contributed by atoms with E-state index in [-0.39, 0.29) is 12.5 Å². The van der Waals surface area contributed by atoms with Gasteiger partial charge in [-0.3, -0.25) is 0 Å². The van der Waals surface area contributed by atoms with E-state index in [0.29, 0.717) is 6.61 Å². The Balaban J connectivity index is 3.00. The Bertz CT molecular complexity index is 319. The van der Waals surface area contributed by atoms with E-state index in [0.717, 1.165) is 23.5 Å². The Hall–Kier alpha value is -1.22. The summed E-state index contributed by atoms with van der Waals surface area (Å²) in [4.78, 5) is 0. The van der Waals surface area contributed by atoms with Gasteiger partial charge in [-0.05, 0) is 31.0 Å². The van der Waals surface area contributed by atoms with Crippen molar-refractivity contribution in [1.29, 1.82) is 0 Å². The molecule has 0 spiro atoms. The average Bonchev–Trinajstić information content (AvgIpc) is 2.31. The van der Waals surface area contributed by atoms with Gasteiger partial charge in [0.25, 0.3) is 0 Å². The standard InChI is InChI=1S/C13H20O3/c1-4-10(9-14)11-6-7-12(15-3)13(8-11)16-5-2/h6-8,10,14H,4-5,9H2,1-3H3. The van der Waals surface area contributed by atoms with Crippen LogP contribution in [0.3, 0.4) is 0 Å². The predicted octanol–water partition coefficient (Wildman–Crippen LogP) is 2.58. The predicted molar refractivity (Wildman–Crippen MR) is 64.3 cm³/mol. The van der Waals surface area contributed by atoms with Crippen molar-refractivity contribution in [2.75, 3.05) is 20.3 Å². The first kappa shape index (κ1) is 12.8. The van der Waals surface area contributed by atoms with Crippen LogP contribution < -0.4 is 9.47 Å². The van der Waals surface area contributed by atoms with E-state index >= 15 is 0 Å². The molecule has 16 heavy (non-hydrogen) atoms. The zero-order chi connectivity index (χ0) is 12.0. The zero-order valence-corrected chi connectivity index (χ0v) is 10.2. The number of benzene rings is 1. The lowest BCUT2D eigenvalue weighted by Crippen LogP contribution is -2.04. The first-order valence-corrected chi connectivity index (χ1v) is 5.68. The van der Waals surface area contributed by atoms with Gasteiger partial charge in [0.1, 0.15) is 0 Å². The summed E-state index contributed by atoms with van der Waals surface area (Å²) in [6, 6.07) is 5.82. The molecule has 0 heterocycles. The van der Waals surface area contributed by atoms with E-state index in [1.165, 1.54) is 0 Å². The minimum atomic E-state index is 0.161. The lowest BCUT2D eigenvalue weighted by atomic mass is 9.97. The maximum Gasteiger partial charge on any atom is 0.161 e. The molecule has 1 aromatic rings. The fraction of sp³-hybridized carbons (Fsp3) is 0.538. The summed E-state index contributed by atoms with van der Waals surface area (Å²) in [5, 5.41) is 9.25. The summed E-state index contributed by atoms with van der Waals surface area (Å²) in [7, 11) is 1.63. The summed E-state index contributed by atoms with van der Waals surface area (Å²) >= 11 is 0.